The van der Waals surface area contributed by atoms with Gasteiger partial charge in [-0.3, -0.25) is 0 Å². The number of esters is 1. The highest BCUT2D eigenvalue weighted by Gasteiger charge is 2.35. The summed E-state index contributed by atoms with van der Waals surface area (Å²) in [5.41, 5.74) is 4.93. The standard InChI is InChI=1S/C10H11F3N2O4/c1-17-8-7(19-10(11,12)13)5(3-14)6(4-15-8)9(16)18-2/h4H,3,14H2,1-2H3. The summed E-state index contributed by atoms with van der Waals surface area (Å²) in [6.07, 6.45) is -3.95. The van der Waals surface area contributed by atoms with E-state index in [9.17, 15) is 18.0 Å². The molecule has 106 valence electrons. The number of nitrogens with zero attached hydrogens (tertiary/aromatic N) is 1. The predicted octanol–water partition coefficient (Wildman–Crippen LogP) is 1.23. The molecule has 0 spiro atoms. The lowest BCUT2D eigenvalue weighted by Crippen LogP contribution is -2.21. The second-order valence-electron chi connectivity index (χ2n) is 3.23. The number of pyridine rings is 1. The zero-order chi connectivity index (χ0) is 14.6. The van der Waals surface area contributed by atoms with Crippen LogP contribution in [0.3, 0.4) is 0 Å². The lowest BCUT2D eigenvalue weighted by atomic mass is 10.1. The third-order valence-electron chi connectivity index (χ3n) is 2.12. The lowest BCUT2D eigenvalue weighted by molar-refractivity contribution is -0.275. The SMILES string of the molecule is COC(=O)c1cnc(OC)c(OC(F)(F)F)c1CN. The molecule has 0 aliphatic heterocycles. The van der Waals surface area contributed by atoms with Gasteiger partial charge >= 0.3 is 12.3 Å². The van der Waals surface area contributed by atoms with Crippen LogP contribution in [0.5, 0.6) is 11.6 Å². The molecule has 0 aliphatic rings. The molecule has 1 aromatic heterocycles. The number of hydrogen-bond donors (Lipinski definition) is 1. The van der Waals surface area contributed by atoms with Gasteiger partial charge in [-0.15, -0.1) is 13.2 Å². The van der Waals surface area contributed by atoms with Crippen molar-refractivity contribution in [3.8, 4) is 11.6 Å². The van der Waals surface area contributed by atoms with E-state index >= 15 is 0 Å². The minimum Gasteiger partial charge on any atom is -0.478 e. The Kier molecular flexibility index (Phi) is 4.54. The fourth-order valence-corrected chi connectivity index (χ4v) is 1.37. The molecule has 2 N–H and O–H groups in total. The van der Waals surface area contributed by atoms with Crippen LogP contribution >= 0.6 is 0 Å². The molecule has 0 aromatic carbocycles. The van der Waals surface area contributed by atoms with Crippen LogP contribution in [-0.4, -0.2) is 31.5 Å². The number of halogens is 3. The quantitative estimate of drug-likeness (QED) is 0.835. The largest absolute Gasteiger partial charge is 0.573 e. The first-order valence-electron chi connectivity index (χ1n) is 4.94. The number of aromatic nitrogens is 1. The molecule has 6 nitrogen and oxygen atoms in total. The van der Waals surface area contributed by atoms with Crippen molar-refractivity contribution >= 4 is 5.97 Å². The number of carbonyl (C=O) groups is 1. The van der Waals surface area contributed by atoms with Gasteiger partial charge in [0.15, 0.2) is 5.75 Å². The minimum atomic E-state index is -4.96. The molecule has 0 atom stereocenters. The molecule has 0 saturated carbocycles. The van der Waals surface area contributed by atoms with Crippen molar-refractivity contribution in [2.24, 2.45) is 5.73 Å². The number of alkyl halides is 3. The Bertz CT molecular complexity index is 477. The topological polar surface area (TPSA) is 83.7 Å². The fourth-order valence-electron chi connectivity index (χ4n) is 1.37. The first kappa shape index (κ1) is 15.0. The molecule has 0 saturated heterocycles. The molecular weight excluding hydrogens is 269 g/mol. The molecule has 0 radical (unpaired) electrons. The van der Waals surface area contributed by atoms with Gasteiger partial charge in [0.05, 0.1) is 19.8 Å². The van der Waals surface area contributed by atoms with Gasteiger partial charge in [-0.25, -0.2) is 9.78 Å². The second-order valence-corrected chi connectivity index (χ2v) is 3.23. The number of hydrogen-bond acceptors (Lipinski definition) is 6. The van der Waals surface area contributed by atoms with E-state index in [1.165, 1.54) is 0 Å². The number of carbonyl (C=O) groups excluding carboxylic acids is 1. The Morgan fingerprint density at radius 1 is 1.42 bits per heavy atom. The average molecular weight is 280 g/mol. The average Bonchev–Trinajstić information content (AvgIpc) is 2.35. The van der Waals surface area contributed by atoms with Gasteiger partial charge in [-0.05, 0) is 0 Å². The Labute approximate surface area is 106 Å². The lowest BCUT2D eigenvalue weighted by Gasteiger charge is -2.16. The van der Waals surface area contributed by atoms with Crippen LogP contribution in [0.25, 0.3) is 0 Å². The first-order chi connectivity index (χ1) is 8.84. The molecular formula is C10H11F3N2O4. The van der Waals surface area contributed by atoms with E-state index in [-0.39, 0.29) is 17.7 Å². The van der Waals surface area contributed by atoms with Crippen molar-refractivity contribution in [3.05, 3.63) is 17.3 Å². The van der Waals surface area contributed by atoms with Crippen molar-refractivity contribution in [1.82, 2.24) is 4.98 Å². The van der Waals surface area contributed by atoms with Gasteiger partial charge in [0.1, 0.15) is 0 Å². The van der Waals surface area contributed by atoms with E-state index in [1.54, 1.807) is 0 Å². The van der Waals surface area contributed by atoms with E-state index in [4.69, 9.17) is 5.73 Å². The third-order valence-corrected chi connectivity index (χ3v) is 2.12. The van der Waals surface area contributed by atoms with Crippen LogP contribution in [-0.2, 0) is 11.3 Å². The van der Waals surface area contributed by atoms with E-state index in [2.05, 4.69) is 19.2 Å². The molecule has 0 unspecified atom stereocenters. The number of ether oxygens (including phenoxy) is 3. The summed E-state index contributed by atoms with van der Waals surface area (Å²) in [4.78, 5) is 15.0. The zero-order valence-corrected chi connectivity index (χ0v) is 10.1. The van der Waals surface area contributed by atoms with Crippen LogP contribution in [0.2, 0.25) is 0 Å². The van der Waals surface area contributed by atoms with Crippen LogP contribution in [0, 0.1) is 0 Å². The Balaban J connectivity index is 3.41. The van der Waals surface area contributed by atoms with Crippen molar-refractivity contribution in [1.29, 1.82) is 0 Å². The van der Waals surface area contributed by atoms with Crippen molar-refractivity contribution < 1.29 is 32.2 Å². The minimum absolute atomic E-state index is 0.198. The summed E-state index contributed by atoms with van der Waals surface area (Å²) in [6, 6.07) is 0. The first-order valence-corrected chi connectivity index (χ1v) is 4.94. The zero-order valence-electron chi connectivity index (χ0n) is 10.1. The summed E-state index contributed by atoms with van der Waals surface area (Å²) >= 11 is 0. The van der Waals surface area contributed by atoms with Gasteiger partial charge in [0.25, 0.3) is 5.88 Å². The molecule has 0 fully saturated rings. The summed E-state index contributed by atoms with van der Waals surface area (Å²) < 4.78 is 49.9. The molecule has 0 amide bonds. The van der Waals surface area contributed by atoms with Gasteiger partial charge in [-0.1, -0.05) is 0 Å². The number of rotatable bonds is 4. The number of methoxy groups -OCH3 is 2. The molecule has 19 heavy (non-hydrogen) atoms. The maximum Gasteiger partial charge on any atom is 0.573 e. The highest BCUT2D eigenvalue weighted by atomic mass is 19.4. The van der Waals surface area contributed by atoms with Crippen molar-refractivity contribution in [2.75, 3.05) is 14.2 Å². The van der Waals surface area contributed by atoms with Crippen LogP contribution in [0.1, 0.15) is 15.9 Å². The predicted molar refractivity (Wildman–Crippen MR) is 56.7 cm³/mol. The van der Waals surface area contributed by atoms with Crippen LogP contribution < -0.4 is 15.2 Å². The summed E-state index contributed by atoms with van der Waals surface area (Å²) in [5.74, 6) is -2.05. The summed E-state index contributed by atoms with van der Waals surface area (Å²) in [6.45, 7) is -0.380. The van der Waals surface area contributed by atoms with Gasteiger partial charge in [0, 0.05) is 18.3 Å². The third kappa shape index (κ3) is 3.47. The highest BCUT2D eigenvalue weighted by molar-refractivity contribution is 5.91. The van der Waals surface area contributed by atoms with Crippen LogP contribution in [0.4, 0.5) is 13.2 Å². The monoisotopic (exact) mass is 280 g/mol. The fraction of sp³-hybridized carbons (Fsp3) is 0.400. The van der Waals surface area contributed by atoms with E-state index < -0.39 is 24.0 Å². The van der Waals surface area contributed by atoms with E-state index in [1.807, 2.05) is 0 Å². The van der Waals surface area contributed by atoms with E-state index in [0.717, 1.165) is 20.4 Å². The number of nitrogens with two attached hydrogens (primary N) is 1. The highest BCUT2D eigenvalue weighted by Crippen LogP contribution is 2.35. The molecule has 1 heterocycles. The van der Waals surface area contributed by atoms with E-state index in [0.29, 0.717) is 0 Å². The van der Waals surface area contributed by atoms with Crippen molar-refractivity contribution in [2.45, 2.75) is 12.9 Å². The normalized spacial score (nSPS) is 11.1. The second kappa shape index (κ2) is 5.74. The molecule has 9 heteroatoms. The van der Waals surface area contributed by atoms with Gasteiger partial charge < -0.3 is 19.9 Å². The Morgan fingerprint density at radius 3 is 2.47 bits per heavy atom. The smallest absolute Gasteiger partial charge is 0.478 e. The molecule has 1 rings (SSSR count). The molecule has 1 aromatic rings. The Morgan fingerprint density at radius 2 is 2.05 bits per heavy atom. The van der Waals surface area contributed by atoms with Crippen LogP contribution in [0.15, 0.2) is 6.20 Å². The molecule has 0 aliphatic carbocycles. The van der Waals surface area contributed by atoms with Gasteiger partial charge in [-0.2, -0.15) is 0 Å². The Hall–Kier alpha value is -2.03. The maximum absolute atomic E-state index is 12.3. The van der Waals surface area contributed by atoms with Gasteiger partial charge in [0.2, 0.25) is 0 Å². The molecule has 0 bridgehead atoms. The van der Waals surface area contributed by atoms with Crippen molar-refractivity contribution in [3.63, 3.8) is 0 Å². The summed E-state index contributed by atoms with van der Waals surface area (Å²) in [7, 11) is 2.20. The summed E-state index contributed by atoms with van der Waals surface area (Å²) in [5, 5.41) is 0. The maximum atomic E-state index is 12.3.